The maximum Gasteiger partial charge on any atom is 0.358 e. The van der Waals surface area contributed by atoms with Crippen LogP contribution in [0.15, 0.2) is 114 Å². The van der Waals surface area contributed by atoms with E-state index in [-0.39, 0.29) is 0 Å². The van der Waals surface area contributed by atoms with Gasteiger partial charge < -0.3 is 4.98 Å². The highest BCUT2D eigenvalue weighted by Crippen LogP contribution is 2.32. The fraction of sp³-hybridized carbons (Fsp3) is 0.0312. The van der Waals surface area contributed by atoms with Crippen LogP contribution in [0.25, 0.3) is 55.2 Å². The van der Waals surface area contributed by atoms with Crippen LogP contribution in [-0.4, -0.2) is 25.4 Å². The number of fused-ring (bicyclic) bond motifs is 5. The Morgan fingerprint density at radius 2 is 1.39 bits per heavy atom. The first-order valence-corrected chi connectivity index (χ1v) is 12.4. The minimum atomic E-state index is -0.546. The summed E-state index contributed by atoms with van der Waals surface area (Å²) >= 11 is 0. The smallest absolute Gasteiger partial charge is 0.340 e. The maximum atomic E-state index is 14.4. The van der Waals surface area contributed by atoms with E-state index in [0.29, 0.717) is 22.4 Å². The largest absolute Gasteiger partial charge is 0.358 e. The topological polar surface area (TPSA) is 72.7 Å². The third kappa shape index (κ3) is 3.31. The second kappa shape index (κ2) is 8.42. The molecule has 7 aromatic rings. The van der Waals surface area contributed by atoms with E-state index < -0.39 is 11.6 Å². The zero-order valence-electron chi connectivity index (χ0n) is 20.6. The number of H-pyrrole nitrogens is 1. The normalized spacial score (nSPS) is 11.5. The van der Waals surface area contributed by atoms with E-state index in [1.54, 1.807) is 6.07 Å². The van der Waals surface area contributed by atoms with Gasteiger partial charge in [-0.15, -0.1) is 0 Å². The number of hydrogen-bond donors (Lipinski definition) is 1. The van der Waals surface area contributed by atoms with Crippen LogP contribution in [0.1, 0.15) is 5.56 Å². The van der Waals surface area contributed by atoms with Crippen LogP contribution in [0.5, 0.6) is 0 Å². The van der Waals surface area contributed by atoms with E-state index >= 15 is 0 Å². The van der Waals surface area contributed by atoms with Crippen LogP contribution < -0.4 is 5.56 Å². The first kappa shape index (κ1) is 22.0. The minimum absolute atomic E-state index is 0.392. The number of aromatic amines is 1. The van der Waals surface area contributed by atoms with Gasteiger partial charge >= 0.3 is 6.03 Å². The van der Waals surface area contributed by atoms with Gasteiger partial charge in [-0.05, 0) is 36.6 Å². The number of carbonyl (C=O) groups excluding carboxylic acids is 1. The van der Waals surface area contributed by atoms with Crippen molar-refractivity contribution < 1.29 is 4.79 Å². The van der Waals surface area contributed by atoms with Crippen LogP contribution >= 0.6 is 0 Å². The molecule has 0 bridgehead atoms. The van der Waals surface area contributed by atoms with Crippen LogP contribution in [0.3, 0.4) is 0 Å². The van der Waals surface area contributed by atoms with Gasteiger partial charge in [0.2, 0.25) is 0 Å². The minimum Gasteiger partial charge on any atom is -0.340 e. The third-order valence-electron chi connectivity index (χ3n) is 7.01. The van der Waals surface area contributed by atoms with Crippen LogP contribution in [-0.2, 0) is 0 Å². The predicted octanol–water partition coefficient (Wildman–Crippen LogP) is 6.99. The zero-order valence-corrected chi connectivity index (χ0v) is 20.6. The molecule has 6 nitrogen and oxygen atoms in total. The zero-order chi connectivity index (χ0) is 25.8. The molecule has 0 spiro atoms. The lowest BCUT2D eigenvalue weighted by Crippen LogP contribution is -2.32. The number of nitrogens with one attached hydrogen (secondary N) is 1. The molecular weight excluding hydrogens is 472 g/mol. The summed E-state index contributed by atoms with van der Waals surface area (Å²) in [6.45, 7) is 2.03. The second-order valence-corrected chi connectivity index (χ2v) is 9.43. The molecule has 0 atom stereocenters. The quantitative estimate of drug-likeness (QED) is 0.281. The maximum absolute atomic E-state index is 14.4. The van der Waals surface area contributed by atoms with Crippen molar-refractivity contribution in [3.8, 4) is 22.5 Å². The van der Waals surface area contributed by atoms with Crippen molar-refractivity contribution in [2.24, 2.45) is 0 Å². The number of hydrogen-bond acceptors (Lipinski definition) is 3. The molecule has 4 aromatic carbocycles. The highest BCUT2D eigenvalue weighted by Gasteiger charge is 2.24. The Hall–Kier alpha value is -5.23. The Morgan fingerprint density at radius 1 is 0.737 bits per heavy atom. The summed E-state index contributed by atoms with van der Waals surface area (Å²) in [5.41, 5.74) is 4.98. The average molecular weight is 495 g/mol. The molecule has 1 N–H and O–H groups in total. The lowest BCUT2D eigenvalue weighted by Gasteiger charge is -2.11. The van der Waals surface area contributed by atoms with Gasteiger partial charge in [-0.1, -0.05) is 90.5 Å². The molecule has 0 unspecified atom stereocenters. The van der Waals surface area contributed by atoms with Gasteiger partial charge in [0.25, 0.3) is 5.56 Å². The molecule has 0 aliphatic carbocycles. The molecule has 6 heteroatoms. The van der Waals surface area contributed by atoms with Crippen LogP contribution in [0.2, 0.25) is 0 Å². The standard InChI is InChI=1S/C32H22N4O2/c1-20-16-17-26-25(18-20)29-23-14-8-9-15-24(23)31(37)35(30(29)33-26)32(38)36-28(22-12-6-3-7-13-22)19-27(34-36)21-10-4-2-5-11-21/h2-19,33H,1H3. The summed E-state index contributed by atoms with van der Waals surface area (Å²) in [5, 5.41) is 7.81. The molecule has 0 amide bonds. The second-order valence-electron chi connectivity index (χ2n) is 9.43. The summed E-state index contributed by atoms with van der Waals surface area (Å²) in [7, 11) is 0. The predicted molar refractivity (Wildman–Crippen MR) is 152 cm³/mol. The summed E-state index contributed by atoms with van der Waals surface area (Å²) in [6.07, 6.45) is 0. The number of benzene rings is 4. The van der Waals surface area contributed by atoms with E-state index in [2.05, 4.69) is 11.1 Å². The molecule has 3 aromatic heterocycles. The molecule has 0 radical (unpaired) electrons. The van der Waals surface area contributed by atoms with Gasteiger partial charge in [0.1, 0.15) is 5.65 Å². The Morgan fingerprint density at radius 3 is 2.13 bits per heavy atom. The average Bonchev–Trinajstić information content (AvgIpc) is 3.56. The highest BCUT2D eigenvalue weighted by molar-refractivity contribution is 6.20. The summed E-state index contributed by atoms with van der Waals surface area (Å²) in [4.78, 5) is 31.6. The van der Waals surface area contributed by atoms with Crippen molar-refractivity contribution in [2.45, 2.75) is 6.92 Å². The van der Waals surface area contributed by atoms with Crippen molar-refractivity contribution in [3.05, 3.63) is 125 Å². The third-order valence-corrected chi connectivity index (χ3v) is 7.01. The molecule has 3 heterocycles. The summed E-state index contributed by atoms with van der Waals surface area (Å²) in [5.74, 6) is 0. The van der Waals surface area contributed by atoms with Crippen molar-refractivity contribution in [3.63, 3.8) is 0 Å². The van der Waals surface area contributed by atoms with Gasteiger partial charge in [0.05, 0.1) is 11.4 Å². The number of aromatic nitrogens is 4. The van der Waals surface area contributed by atoms with E-state index in [9.17, 15) is 9.59 Å². The lowest BCUT2D eigenvalue weighted by molar-refractivity contribution is 0.241. The first-order chi connectivity index (χ1) is 18.6. The number of rotatable bonds is 2. The number of aryl methyl sites for hydroxylation is 1. The van der Waals surface area contributed by atoms with E-state index in [1.807, 2.05) is 104 Å². The Labute approximate surface area is 217 Å². The molecule has 38 heavy (non-hydrogen) atoms. The van der Waals surface area contributed by atoms with E-state index in [1.165, 1.54) is 9.25 Å². The Bertz CT molecular complexity index is 2070. The van der Waals surface area contributed by atoms with Gasteiger partial charge in [-0.2, -0.15) is 9.78 Å². The fourth-order valence-corrected chi connectivity index (χ4v) is 5.21. The fourth-order valence-electron chi connectivity index (χ4n) is 5.21. The molecule has 0 aliphatic rings. The van der Waals surface area contributed by atoms with Crippen molar-refractivity contribution in [1.29, 1.82) is 0 Å². The molecule has 7 rings (SSSR count). The van der Waals surface area contributed by atoms with Gasteiger partial charge in [-0.3, -0.25) is 4.79 Å². The molecule has 0 aliphatic heterocycles. The molecule has 0 saturated carbocycles. The number of carbonyl (C=O) groups is 1. The summed E-state index contributed by atoms with van der Waals surface area (Å²) in [6, 6.07) is 34.2. The SMILES string of the molecule is Cc1ccc2[nH]c3c(c2c1)c1ccccc1c(=O)n3C(=O)n1nc(-c2ccccc2)cc1-c1ccccc1. The van der Waals surface area contributed by atoms with Crippen LogP contribution in [0, 0.1) is 6.92 Å². The molecular formula is C32H22N4O2. The number of nitrogens with zero attached hydrogens (tertiary/aromatic N) is 3. The van der Waals surface area contributed by atoms with Crippen molar-refractivity contribution >= 4 is 38.7 Å². The van der Waals surface area contributed by atoms with E-state index in [0.717, 1.165) is 38.4 Å². The van der Waals surface area contributed by atoms with Crippen molar-refractivity contribution in [2.75, 3.05) is 0 Å². The van der Waals surface area contributed by atoms with Gasteiger partial charge in [0, 0.05) is 32.8 Å². The Balaban J connectivity index is 1.56. The number of pyridine rings is 1. The molecule has 0 saturated heterocycles. The van der Waals surface area contributed by atoms with E-state index in [4.69, 9.17) is 5.10 Å². The molecule has 0 fully saturated rings. The lowest BCUT2D eigenvalue weighted by atomic mass is 10.1. The van der Waals surface area contributed by atoms with Crippen LogP contribution in [0.4, 0.5) is 4.79 Å². The molecule has 182 valence electrons. The first-order valence-electron chi connectivity index (χ1n) is 12.4. The van der Waals surface area contributed by atoms with Crippen molar-refractivity contribution in [1.82, 2.24) is 19.3 Å². The summed E-state index contributed by atoms with van der Waals surface area (Å²) < 4.78 is 2.56. The highest BCUT2D eigenvalue weighted by atomic mass is 16.2. The monoisotopic (exact) mass is 494 g/mol. The Kier molecular flexibility index (Phi) is 4.88. The van der Waals surface area contributed by atoms with Gasteiger partial charge in [0.15, 0.2) is 0 Å². The van der Waals surface area contributed by atoms with Gasteiger partial charge in [-0.25, -0.2) is 9.36 Å².